The lowest BCUT2D eigenvalue weighted by molar-refractivity contribution is -0.148. The fourth-order valence-corrected chi connectivity index (χ4v) is 5.15. The van der Waals surface area contributed by atoms with E-state index in [1.54, 1.807) is 37.5 Å². The van der Waals surface area contributed by atoms with E-state index < -0.39 is 6.10 Å². The molecule has 2 aromatic heterocycles. The lowest BCUT2D eigenvalue weighted by Crippen LogP contribution is -2.18. The van der Waals surface area contributed by atoms with Crippen molar-refractivity contribution in [1.29, 1.82) is 0 Å². The molecule has 0 spiro atoms. The third-order valence-corrected chi connectivity index (χ3v) is 6.53. The summed E-state index contributed by atoms with van der Waals surface area (Å²) in [5, 5.41) is 0.706. The van der Waals surface area contributed by atoms with Gasteiger partial charge in [-0.25, -0.2) is 4.98 Å². The molecular formula is C22H24N2O4S. The van der Waals surface area contributed by atoms with Gasteiger partial charge in [0, 0.05) is 4.88 Å². The zero-order chi connectivity index (χ0) is 20.5. The van der Waals surface area contributed by atoms with Gasteiger partial charge in [-0.2, -0.15) is 0 Å². The van der Waals surface area contributed by atoms with Crippen molar-refractivity contribution in [1.82, 2.24) is 9.97 Å². The molecule has 0 unspecified atom stereocenters. The van der Waals surface area contributed by atoms with Gasteiger partial charge in [-0.05, 0) is 55.4 Å². The number of aromatic nitrogens is 2. The predicted molar refractivity (Wildman–Crippen MR) is 113 cm³/mol. The van der Waals surface area contributed by atoms with E-state index in [1.807, 2.05) is 12.1 Å². The molecule has 4 rings (SSSR count). The molecule has 1 aliphatic carbocycles. The van der Waals surface area contributed by atoms with Gasteiger partial charge >= 0.3 is 5.97 Å². The van der Waals surface area contributed by atoms with Crippen molar-refractivity contribution in [2.75, 3.05) is 7.11 Å². The van der Waals surface area contributed by atoms with Crippen molar-refractivity contribution in [2.45, 2.75) is 45.6 Å². The lowest BCUT2D eigenvalue weighted by atomic mass is 9.89. The predicted octanol–water partition coefficient (Wildman–Crippen LogP) is 3.96. The normalized spacial score (nSPS) is 17.0. The van der Waals surface area contributed by atoms with E-state index in [4.69, 9.17) is 9.47 Å². The van der Waals surface area contributed by atoms with E-state index in [-0.39, 0.29) is 17.9 Å². The number of H-pyrrole nitrogens is 1. The number of nitrogens with one attached hydrogen (secondary N) is 1. The highest BCUT2D eigenvalue weighted by molar-refractivity contribution is 7.18. The second kappa shape index (κ2) is 7.99. The number of fused-ring (bicyclic) bond motifs is 3. The number of carbonyl (C=O) groups excluding carboxylic acids is 1. The molecular weight excluding hydrogens is 388 g/mol. The molecule has 0 fully saturated rings. The summed E-state index contributed by atoms with van der Waals surface area (Å²) in [4.78, 5) is 34.5. The minimum atomic E-state index is -0.629. The highest BCUT2D eigenvalue weighted by Gasteiger charge is 2.24. The summed E-state index contributed by atoms with van der Waals surface area (Å²) in [5.41, 5.74) is 1.84. The maximum absolute atomic E-state index is 12.7. The van der Waals surface area contributed by atoms with Crippen LogP contribution in [0.15, 0.2) is 29.1 Å². The summed E-state index contributed by atoms with van der Waals surface area (Å²) < 4.78 is 10.6. The first-order valence-electron chi connectivity index (χ1n) is 9.81. The summed E-state index contributed by atoms with van der Waals surface area (Å²) in [5.74, 6) is 1.38. The van der Waals surface area contributed by atoms with Crippen LogP contribution in [0.4, 0.5) is 0 Å². The maximum atomic E-state index is 12.7. The van der Waals surface area contributed by atoms with Crippen molar-refractivity contribution in [3.8, 4) is 5.75 Å². The Morgan fingerprint density at radius 3 is 2.83 bits per heavy atom. The third-order valence-electron chi connectivity index (χ3n) is 5.38. The summed E-state index contributed by atoms with van der Waals surface area (Å²) in [7, 11) is 1.60. The number of esters is 1. The number of carbonyl (C=O) groups is 1. The van der Waals surface area contributed by atoms with Crippen LogP contribution in [0.1, 0.15) is 48.2 Å². The Bertz CT molecular complexity index is 1100. The van der Waals surface area contributed by atoms with Crippen LogP contribution in [0, 0.1) is 5.92 Å². The summed E-state index contributed by atoms with van der Waals surface area (Å²) in [6.45, 7) is 3.96. The molecule has 0 bridgehead atoms. The number of ether oxygens (including phenoxy) is 2. The van der Waals surface area contributed by atoms with E-state index in [0.717, 1.165) is 41.0 Å². The van der Waals surface area contributed by atoms with Crippen LogP contribution in [0.3, 0.4) is 0 Å². The van der Waals surface area contributed by atoms with Crippen LogP contribution in [-0.2, 0) is 28.8 Å². The highest BCUT2D eigenvalue weighted by atomic mass is 32.1. The van der Waals surface area contributed by atoms with Crippen molar-refractivity contribution in [3.63, 3.8) is 0 Å². The monoisotopic (exact) mass is 412 g/mol. The molecule has 2 heterocycles. The number of aryl methyl sites for hydroxylation is 1. The average molecular weight is 413 g/mol. The molecule has 1 aliphatic rings. The van der Waals surface area contributed by atoms with E-state index >= 15 is 0 Å². The lowest BCUT2D eigenvalue weighted by Gasteiger charge is -2.17. The SMILES string of the molecule is COc1ccc(CC(=O)O[C@@H](C)c2nc3sc4c(c3c(=O)[nH]2)CC[C@@H](C)C4)cc1. The third kappa shape index (κ3) is 4.05. The zero-order valence-corrected chi connectivity index (χ0v) is 17.6. The summed E-state index contributed by atoms with van der Waals surface area (Å²) in [6, 6.07) is 7.26. The van der Waals surface area contributed by atoms with Crippen LogP contribution in [-0.4, -0.2) is 23.0 Å². The number of rotatable bonds is 5. The molecule has 152 valence electrons. The van der Waals surface area contributed by atoms with E-state index in [9.17, 15) is 9.59 Å². The molecule has 0 aliphatic heterocycles. The first-order valence-corrected chi connectivity index (χ1v) is 10.6. The van der Waals surface area contributed by atoms with Gasteiger partial charge in [0.25, 0.3) is 5.56 Å². The van der Waals surface area contributed by atoms with Gasteiger partial charge in [-0.3, -0.25) is 9.59 Å². The minimum Gasteiger partial charge on any atom is -0.497 e. The van der Waals surface area contributed by atoms with Gasteiger partial charge in [0.2, 0.25) is 0 Å². The van der Waals surface area contributed by atoms with Gasteiger partial charge in [0.05, 0.1) is 18.9 Å². The van der Waals surface area contributed by atoms with E-state index in [1.165, 1.54) is 4.88 Å². The second-order valence-corrected chi connectivity index (χ2v) is 8.72. The molecule has 7 heteroatoms. The average Bonchev–Trinajstić information content (AvgIpc) is 3.06. The number of aromatic amines is 1. The van der Waals surface area contributed by atoms with Gasteiger partial charge < -0.3 is 14.5 Å². The Morgan fingerprint density at radius 1 is 1.34 bits per heavy atom. The summed E-state index contributed by atoms with van der Waals surface area (Å²) >= 11 is 1.59. The first kappa shape index (κ1) is 19.6. The topological polar surface area (TPSA) is 81.3 Å². The van der Waals surface area contributed by atoms with Crippen LogP contribution in [0.2, 0.25) is 0 Å². The Labute approximate surface area is 172 Å². The smallest absolute Gasteiger partial charge is 0.310 e. The van der Waals surface area contributed by atoms with E-state index in [2.05, 4.69) is 16.9 Å². The number of methoxy groups -OCH3 is 1. The van der Waals surface area contributed by atoms with Crippen LogP contribution < -0.4 is 10.3 Å². The molecule has 1 N–H and O–H groups in total. The van der Waals surface area contributed by atoms with Crippen molar-refractivity contribution < 1.29 is 14.3 Å². The Morgan fingerprint density at radius 2 is 2.10 bits per heavy atom. The molecule has 3 aromatic rings. The largest absolute Gasteiger partial charge is 0.497 e. The molecule has 29 heavy (non-hydrogen) atoms. The number of hydrogen-bond donors (Lipinski definition) is 1. The number of thiophene rings is 1. The Hall–Kier alpha value is -2.67. The van der Waals surface area contributed by atoms with Gasteiger partial charge in [0.15, 0.2) is 11.9 Å². The molecule has 0 amide bonds. The number of hydrogen-bond acceptors (Lipinski definition) is 6. The zero-order valence-electron chi connectivity index (χ0n) is 16.8. The van der Waals surface area contributed by atoms with Crippen LogP contribution in [0.5, 0.6) is 5.75 Å². The Kier molecular flexibility index (Phi) is 5.41. The van der Waals surface area contributed by atoms with E-state index in [0.29, 0.717) is 17.1 Å². The first-order chi connectivity index (χ1) is 13.9. The quantitative estimate of drug-likeness (QED) is 0.642. The van der Waals surface area contributed by atoms with Gasteiger partial charge in [-0.1, -0.05) is 19.1 Å². The molecule has 0 saturated carbocycles. The van der Waals surface area contributed by atoms with Gasteiger partial charge in [-0.15, -0.1) is 11.3 Å². The van der Waals surface area contributed by atoms with Crippen LogP contribution >= 0.6 is 11.3 Å². The second-order valence-electron chi connectivity index (χ2n) is 7.64. The molecule has 6 nitrogen and oxygen atoms in total. The Balaban J connectivity index is 1.51. The molecule has 1 aromatic carbocycles. The highest BCUT2D eigenvalue weighted by Crippen LogP contribution is 2.36. The van der Waals surface area contributed by atoms with Crippen molar-refractivity contribution >= 4 is 27.5 Å². The fraction of sp³-hybridized carbons (Fsp3) is 0.409. The standard InChI is InChI=1S/C22H24N2O4S/c1-12-4-9-16-17(10-12)29-22-19(16)21(26)23-20(24-22)13(2)28-18(25)11-14-5-7-15(27-3)8-6-14/h5-8,12-13H,4,9-11H2,1-3H3,(H,23,24,26)/t12-,13+/m1/s1. The van der Waals surface area contributed by atoms with Crippen LogP contribution in [0.25, 0.3) is 10.2 Å². The maximum Gasteiger partial charge on any atom is 0.310 e. The minimum absolute atomic E-state index is 0.143. The summed E-state index contributed by atoms with van der Waals surface area (Å²) in [6.07, 6.45) is 2.53. The number of nitrogens with zero attached hydrogens (tertiary/aromatic N) is 1. The molecule has 2 atom stereocenters. The number of benzene rings is 1. The molecule has 0 radical (unpaired) electrons. The molecule has 0 saturated heterocycles. The fourth-order valence-electron chi connectivity index (χ4n) is 3.76. The van der Waals surface area contributed by atoms with Crippen molar-refractivity contribution in [2.24, 2.45) is 5.92 Å². The van der Waals surface area contributed by atoms with Crippen molar-refractivity contribution in [3.05, 3.63) is 56.4 Å². The van der Waals surface area contributed by atoms with Gasteiger partial charge in [0.1, 0.15) is 10.6 Å².